The average molecular weight is 253 g/mol. The van der Waals surface area contributed by atoms with Crippen molar-refractivity contribution in [2.75, 3.05) is 0 Å². The third-order valence-corrected chi connectivity index (χ3v) is 2.55. The van der Waals surface area contributed by atoms with Gasteiger partial charge in [-0.3, -0.25) is 4.98 Å². The van der Waals surface area contributed by atoms with Crippen LogP contribution in [-0.2, 0) is 12.6 Å². The Hall–Kier alpha value is -0.810. The van der Waals surface area contributed by atoms with Crippen LogP contribution in [0, 0.1) is 0 Å². The molecular weight excluding hydrogens is 241 g/mol. The zero-order valence-corrected chi connectivity index (χ0v) is 9.44. The van der Waals surface area contributed by atoms with E-state index in [1.54, 1.807) is 0 Å². The van der Waals surface area contributed by atoms with Crippen molar-refractivity contribution in [3.05, 3.63) is 28.5 Å². The van der Waals surface area contributed by atoms with E-state index in [9.17, 15) is 13.2 Å². The maximum absolute atomic E-state index is 12.3. The lowest BCUT2D eigenvalue weighted by Gasteiger charge is -2.11. The number of hydrogen-bond acceptors (Lipinski definition) is 2. The second kappa shape index (κ2) is 5.01. The summed E-state index contributed by atoms with van der Waals surface area (Å²) in [4.78, 5) is 3.70. The largest absolute Gasteiger partial charge is 0.417 e. The minimum atomic E-state index is -4.41. The lowest BCUT2D eigenvalue weighted by Crippen LogP contribution is -2.22. The van der Waals surface area contributed by atoms with Crippen LogP contribution < -0.4 is 5.73 Å². The Morgan fingerprint density at radius 3 is 2.56 bits per heavy atom. The number of alkyl halides is 3. The van der Waals surface area contributed by atoms with Crippen molar-refractivity contribution in [2.45, 2.75) is 32.0 Å². The first-order valence-electron chi connectivity index (χ1n) is 4.81. The topological polar surface area (TPSA) is 38.9 Å². The molecule has 0 saturated heterocycles. The number of nitrogens with two attached hydrogens (primary N) is 1. The highest BCUT2D eigenvalue weighted by atomic mass is 35.5. The van der Waals surface area contributed by atoms with Crippen molar-refractivity contribution in [3.8, 4) is 0 Å². The van der Waals surface area contributed by atoms with E-state index in [1.165, 1.54) is 0 Å². The molecule has 0 bridgehead atoms. The first-order chi connectivity index (χ1) is 7.34. The van der Waals surface area contributed by atoms with E-state index in [4.69, 9.17) is 17.3 Å². The van der Waals surface area contributed by atoms with Gasteiger partial charge in [0, 0.05) is 18.7 Å². The molecule has 0 radical (unpaired) electrons. The van der Waals surface area contributed by atoms with Crippen molar-refractivity contribution in [1.29, 1.82) is 0 Å². The van der Waals surface area contributed by atoms with Gasteiger partial charge in [0.2, 0.25) is 0 Å². The van der Waals surface area contributed by atoms with Crippen LogP contribution in [0.3, 0.4) is 0 Å². The number of hydrogen-bond donors (Lipinski definition) is 1. The molecule has 16 heavy (non-hydrogen) atoms. The van der Waals surface area contributed by atoms with E-state index < -0.39 is 11.7 Å². The van der Waals surface area contributed by atoms with Crippen LogP contribution in [0.1, 0.15) is 24.6 Å². The SMILES string of the molecule is CCC(N)Cc1ncc(C(F)(F)F)cc1Cl. The van der Waals surface area contributed by atoms with E-state index in [-0.39, 0.29) is 11.1 Å². The first-order valence-corrected chi connectivity index (χ1v) is 5.19. The Labute approximate surface area is 96.6 Å². The number of pyridine rings is 1. The first kappa shape index (κ1) is 13.3. The molecule has 0 spiro atoms. The number of aromatic nitrogens is 1. The van der Waals surface area contributed by atoms with Gasteiger partial charge in [0.05, 0.1) is 16.3 Å². The molecule has 1 aromatic heterocycles. The summed E-state index contributed by atoms with van der Waals surface area (Å²) in [5.41, 5.74) is 5.24. The second-order valence-electron chi connectivity index (χ2n) is 3.52. The molecule has 1 heterocycles. The van der Waals surface area contributed by atoms with Crippen molar-refractivity contribution < 1.29 is 13.2 Å². The Bertz CT molecular complexity index is 366. The molecule has 0 aromatic carbocycles. The quantitative estimate of drug-likeness (QED) is 0.898. The highest BCUT2D eigenvalue weighted by Gasteiger charge is 2.31. The molecule has 0 fully saturated rings. The maximum Gasteiger partial charge on any atom is 0.417 e. The molecule has 0 amide bonds. The van der Waals surface area contributed by atoms with E-state index >= 15 is 0 Å². The zero-order chi connectivity index (χ0) is 12.3. The molecule has 2 N–H and O–H groups in total. The summed E-state index contributed by atoms with van der Waals surface area (Å²) in [6, 6.07) is 0.744. The van der Waals surface area contributed by atoms with E-state index in [1.807, 2.05) is 6.92 Å². The molecule has 0 aliphatic heterocycles. The van der Waals surface area contributed by atoms with Crippen molar-refractivity contribution in [1.82, 2.24) is 4.98 Å². The summed E-state index contributed by atoms with van der Waals surface area (Å²) < 4.78 is 36.9. The van der Waals surface area contributed by atoms with Gasteiger partial charge >= 0.3 is 6.18 Å². The van der Waals surface area contributed by atoms with Gasteiger partial charge < -0.3 is 5.73 Å². The van der Waals surface area contributed by atoms with Crippen LogP contribution in [0.2, 0.25) is 5.02 Å². The summed E-state index contributed by atoms with van der Waals surface area (Å²) in [5.74, 6) is 0. The van der Waals surface area contributed by atoms with Gasteiger partial charge in [0.1, 0.15) is 0 Å². The lowest BCUT2D eigenvalue weighted by atomic mass is 10.1. The molecule has 0 aliphatic rings. The Balaban J connectivity index is 2.92. The lowest BCUT2D eigenvalue weighted by molar-refractivity contribution is -0.137. The van der Waals surface area contributed by atoms with Gasteiger partial charge in [-0.15, -0.1) is 0 Å². The van der Waals surface area contributed by atoms with Gasteiger partial charge in [0.15, 0.2) is 0 Å². The highest BCUT2D eigenvalue weighted by Crippen LogP contribution is 2.31. The maximum atomic E-state index is 12.3. The molecule has 1 unspecified atom stereocenters. The molecule has 6 heteroatoms. The van der Waals surface area contributed by atoms with Crippen LogP contribution >= 0.6 is 11.6 Å². The van der Waals surface area contributed by atoms with E-state index in [0.29, 0.717) is 12.1 Å². The summed E-state index contributed by atoms with van der Waals surface area (Å²) in [6.45, 7) is 1.89. The number of rotatable bonds is 3. The van der Waals surface area contributed by atoms with E-state index in [2.05, 4.69) is 4.98 Å². The van der Waals surface area contributed by atoms with Crippen LogP contribution in [-0.4, -0.2) is 11.0 Å². The monoisotopic (exact) mass is 252 g/mol. The average Bonchev–Trinajstić information content (AvgIpc) is 2.19. The van der Waals surface area contributed by atoms with Gasteiger partial charge in [-0.1, -0.05) is 18.5 Å². The number of halogens is 4. The minimum Gasteiger partial charge on any atom is -0.327 e. The summed E-state index contributed by atoms with van der Waals surface area (Å²) in [6.07, 6.45) is -2.53. The molecule has 2 nitrogen and oxygen atoms in total. The molecular formula is C10H12ClF3N2. The fourth-order valence-electron chi connectivity index (χ4n) is 1.16. The molecule has 0 aliphatic carbocycles. The van der Waals surface area contributed by atoms with Gasteiger partial charge in [0.25, 0.3) is 0 Å². The third kappa shape index (κ3) is 3.35. The van der Waals surface area contributed by atoms with Crippen LogP contribution in [0.25, 0.3) is 0 Å². The highest BCUT2D eigenvalue weighted by molar-refractivity contribution is 6.31. The van der Waals surface area contributed by atoms with Crippen LogP contribution in [0.5, 0.6) is 0 Å². The molecule has 0 saturated carbocycles. The second-order valence-corrected chi connectivity index (χ2v) is 3.93. The van der Waals surface area contributed by atoms with Crippen molar-refractivity contribution in [3.63, 3.8) is 0 Å². The molecule has 1 rings (SSSR count). The molecule has 1 aromatic rings. The molecule has 1 atom stereocenters. The summed E-state index contributed by atoms with van der Waals surface area (Å²) >= 11 is 5.72. The minimum absolute atomic E-state index is 0.0127. The predicted molar refractivity (Wildman–Crippen MR) is 56.2 cm³/mol. The smallest absolute Gasteiger partial charge is 0.327 e. The fourth-order valence-corrected chi connectivity index (χ4v) is 1.41. The van der Waals surface area contributed by atoms with Crippen LogP contribution in [0.15, 0.2) is 12.3 Å². The predicted octanol–water partition coefficient (Wildman–Crippen LogP) is 3.03. The zero-order valence-electron chi connectivity index (χ0n) is 8.68. The van der Waals surface area contributed by atoms with Crippen LogP contribution in [0.4, 0.5) is 13.2 Å². The van der Waals surface area contributed by atoms with Gasteiger partial charge in [-0.05, 0) is 12.5 Å². The summed E-state index contributed by atoms with van der Waals surface area (Å²) in [7, 11) is 0. The van der Waals surface area contributed by atoms with Gasteiger partial charge in [-0.25, -0.2) is 0 Å². The van der Waals surface area contributed by atoms with Gasteiger partial charge in [-0.2, -0.15) is 13.2 Å². The van der Waals surface area contributed by atoms with E-state index in [0.717, 1.165) is 18.7 Å². The standard InChI is InChI=1S/C10H12ClF3N2/c1-2-7(15)4-9-8(11)3-6(5-16-9)10(12,13)14/h3,5,7H,2,4,15H2,1H3. The summed E-state index contributed by atoms with van der Waals surface area (Å²) in [5, 5.41) is 0.0127. The van der Waals surface area contributed by atoms with Crippen molar-refractivity contribution >= 4 is 11.6 Å². The Morgan fingerprint density at radius 1 is 1.50 bits per heavy atom. The fraction of sp³-hybridized carbons (Fsp3) is 0.500. The Morgan fingerprint density at radius 2 is 2.12 bits per heavy atom. The normalized spacial score (nSPS) is 13.9. The third-order valence-electron chi connectivity index (χ3n) is 2.22. The number of nitrogens with zero attached hydrogens (tertiary/aromatic N) is 1. The Kier molecular flexibility index (Phi) is 4.15. The molecule has 90 valence electrons. The van der Waals surface area contributed by atoms with Crippen molar-refractivity contribution in [2.24, 2.45) is 5.73 Å².